The summed E-state index contributed by atoms with van der Waals surface area (Å²) in [5.74, 6) is 1.78. The number of rotatable bonds is 10. The number of aryl methyl sites for hydroxylation is 1. The Balaban J connectivity index is 1.85. The van der Waals surface area contributed by atoms with Crippen molar-refractivity contribution in [2.24, 2.45) is 0 Å². The van der Waals surface area contributed by atoms with Crippen LogP contribution in [0.15, 0.2) is 48.7 Å². The van der Waals surface area contributed by atoms with Gasteiger partial charge in [-0.05, 0) is 42.3 Å². The molecule has 144 valence electrons. The van der Waals surface area contributed by atoms with Crippen LogP contribution in [0, 0.1) is 0 Å². The first-order valence-electron chi connectivity index (χ1n) is 10.1. The van der Waals surface area contributed by atoms with Gasteiger partial charge in [-0.25, -0.2) is 0 Å². The minimum Gasteiger partial charge on any atom is -0.497 e. The molecule has 1 aromatic heterocycles. The van der Waals surface area contributed by atoms with Gasteiger partial charge < -0.3 is 14.0 Å². The average Bonchev–Trinajstić information content (AvgIpc) is 3.08. The van der Waals surface area contributed by atoms with Crippen LogP contribution < -0.4 is 9.47 Å². The van der Waals surface area contributed by atoms with Gasteiger partial charge in [-0.2, -0.15) is 0 Å². The quantitative estimate of drug-likeness (QED) is 0.374. The van der Waals surface area contributed by atoms with E-state index in [1.807, 2.05) is 12.1 Å². The number of benzene rings is 2. The van der Waals surface area contributed by atoms with Crippen molar-refractivity contribution in [3.63, 3.8) is 0 Å². The van der Waals surface area contributed by atoms with Gasteiger partial charge in [0.05, 0.1) is 14.2 Å². The summed E-state index contributed by atoms with van der Waals surface area (Å²) in [5, 5.41) is 1.24. The van der Waals surface area contributed by atoms with E-state index >= 15 is 0 Å². The fourth-order valence-electron chi connectivity index (χ4n) is 3.65. The van der Waals surface area contributed by atoms with Gasteiger partial charge in [-0.3, -0.25) is 0 Å². The first-order chi connectivity index (χ1) is 13.3. The van der Waals surface area contributed by atoms with Crippen LogP contribution in [0.1, 0.15) is 45.4 Å². The van der Waals surface area contributed by atoms with Crippen LogP contribution in [0.25, 0.3) is 22.0 Å². The number of unbranched alkanes of at least 4 members (excludes halogenated alkanes) is 5. The summed E-state index contributed by atoms with van der Waals surface area (Å²) in [6, 6.07) is 14.7. The third kappa shape index (κ3) is 4.65. The molecule has 0 unspecified atom stereocenters. The fraction of sp³-hybridized carbons (Fsp3) is 0.417. The van der Waals surface area contributed by atoms with Crippen LogP contribution in [0.2, 0.25) is 0 Å². The van der Waals surface area contributed by atoms with Crippen molar-refractivity contribution < 1.29 is 9.47 Å². The number of methoxy groups -OCH3 is 2. The molecule has 0 aliphatic rings. The molecule has 0 radical (unpaired) electrons. The van der Waals surface area contributed by atoms with Gasteiger partial charge >= 0.3 is 0 Å². The van der Waals surface area contributed by atoms with Crippen molar-refractivity contribution in [2.45, 2.75) is 52.0 Å². The highest BCUT2D eigenvalue weighted by Crippen LogP contribution is 2.34. The monoisotopic (exact) mass is 365 g/mol. The molecule has 27 heavy (non-hydrogen) atoms. The zero-order chi connectivity index (χ0) is 19.1. The Morgan fingerprint density at radius 3 is 2.15 bits per heavy atom. The van der Waals surface area contributed by atoms with E-state index in [0.717, 1.165) is 18.0 Å². The molecule has 2 aromatic carbocycles. The first-order valence-corrected chi connectivity index (χ1v) is 10.1. The van der Waals surface area contributed by atoms with Crippen LogP contribution >= 0.6 is 0 Å². The van der Waals surface area contributed by atoms with Crippen molar-refractivity contribution in [2.75, 3.05) is 14.2 Å². The van der Waals surface area contributed by atoms with Crippen LogP contribution in [-0.2, 0) is 6.54 Å². The average molecular weight is 366 g/mol. The molecule has 0 saturated carbocycles. The second-order valence-corrected chi connectivity index (χ2v) is 7.12. The number of nitrogens with zero attached hydrogens (tertiary/aromatic N) is 1. The summed E-state index contributed by atoms with van der Waals surface area (Å²) >= 11 is 0. The number of ether oxygens (including phenoxy) is 2. The minimum atomic E-state index is 0.882. The van der Waals surface area contributed by atoms with Crippen LogP contribution in [0.5, 0.6) is 11.5 Å². The SMILES string of the molecule is CCCCCCCCn1cc(-c2ccc(OC)cc2)c2cc(OC)ccc21. The van der Waals surface area contributed by atoms with Gasteiger partial charge in [0.15, 0.2) is 0 Å². The second-order valence-electron chi connectivity index (χ2n) is 7.12. The third-order valence-corrected chi connectivity index (χ3v) is 5.24. The van der Waals surface area contributed by atoms with Gasteiger partial charge in [0.25, 0.3) is 0 Å². The Kier molecular flexibility index (Phi) is 6.80. The number of aromatic nitrogens is 1. The maximum atomic E-state index is 5.47. The van der Waals surface area contributed by atoms with Crippen LogP contribution in [0.3, 0.4) is 0 Å². The highest BCUT2D eigenvalue weighted by atomic mass is 16.5. The number of hydrogen-bond acceptors (Lipinski definition) is 2. The smallest absolute Gasteiger partial charge is 0.119 e. The van der Waals surface area contributed by atoms with Crippen molar-refractivity contribution in [3.8, 4) is 22.6 Å². The van der Waals surface area contributed by atoms with Crippen molar-refractivity contribution in [1.29, 1.82) is 0 Å². The Bertz CT molecular complexity index is 849. The lowest BCUT2D eigenvalue weighted by atomic mass is 10.0. The maximum absolute atomic E-state index is 5.47. The first kappa shape index (κ1) is 19.3. The number of fused-ring (bicyclic) bond motifs is 1. The van der Waals surface area contributed by atoms with Crippen molar-refractivity contribution >= 4 is 10.9 Å². The van der Waals surface area contributed by atoms with Gasteiger partial charge in [-0.1, -0.05) is 51.2 Å². The molecule has 0 aliphatic carbocycles. The van der Waals surface area contributed by atoms with E-state index in [2.05, 4.69) is 48.0 Å². The molecular formula is C24H31NO2. The van der Waals surface area contributed by atoms with Crippen LogP contribution in [0.4, 0.5) is 0 Å². The molecule has 3 aromatic rings. The summed E-state index contributed by atoms with van der Waals surface area (Å²) in [6.45, 7) is 3.33. The zero-order valence-electron chi connectivity index (χ0n) is 16.8. The molecule has 0 fully saturated rings. The summed E-state index contributed by atoms with van der Waals surface area (Å²) < 4.78 is 13.2. The summed E-state index contributed by atoms with van der Waals surface area (Å²) in [4.78, 5) is 0. The van der Waals surface area contributed by atoms with Crippen molar-refractivity contribution in [1.82, 2.24) is 4.57 Å². The number of hydrogen-bond donors (Lipinski definition) is 0. The Hall–Kier alpha value is -2.42. The standard InChI is InChI=1S/C24H31NO2/c1-4-5-6-7-8-9-16-25-18-23(19-10-12-20(26-2)13-11-19)22-17-21(27-3)14-15-24(22)25/h10-15,17-18H,4-9,16H2,1-3H3. The van der Waals surface area contributed by atoms with Crippen LogP contribution in [-0.4, -0.2) is 18.8 Å². The Labute approximate surface area is 162 Å². The van der Waals surface area contributed by atoms with Gasteiger partial charge in [-0.15, -0.1) is 0 Å². The predicted octanol–water partition coefficient (Wildman–Crippen LogP) is 6.69. The topological polar surface area (TPSA) is 23.4 Å². The lowest BCUT2D eigenvalue weighted by molar-refractivity contribution is 0.415. The summed E-state index contributed by atoms with van der Waals surface area (Å²) in [6.07, 6.45) is 10.2. The highest BCUT2D eigenvalue weighted by Gasteiger charge is 2.11. The minimum absolute atomic E-state index is 0.882. The Morgan fingerprint density at radius 1 is 0.778 bits per heavy atom. The molecule has 3 rings (SSSR count). The fourth-order valence-corrected chi connectivity index (χ4v) is 3.65. The largest absolute Gasteiger partial charge is 0.497 e. The molecular weight excluding hydrogens is 334 g/mol. The zero-order valence-corrected chi connectivity index (χ0v) is 16.8. The van der Waals surface area contributed by atoms with E-state index < -0.39 is 0 Å². The second kappa shape index (κ2) is 9.50. The highest BCUT2D eigenvalue weighted by molar-refractivity contribution is 5.97. The van der Waals surface area contributed by atoms with E-state index in [-0.39, 0.29) is 0 Å². The molecule has 0 amide bonds. The van der Waals surface area contributed by atoms with E-state index in [1.165, 1.54) is 60.6 Å². The molecule has 0 atom stereocenters. The molecule has 0 N–H and O–H groups in total. The molecule has 0 aliphatic heterocycles. The lowest BCUT2D eigenvalue weighted by Crippen LogP contribution is -1.96. The lowest BCUT2D eigenvalue weighted by Gasteiger charge is -2.06. The molecule has 0 bridgehead atoms. The van der Waals surface area contributed by atoms with E-state index in [4.69, 9.17) is 9.47 Å². The van der Waals surface area contributed by atoms with E-state index in [9.17, 15) is 0 Å². The molecule has 3 nitrogen and oxygen atoms in total. The van der Waals surface area contributed by atoms with Gasteiger partial charge in [0.2, 0.25) is 0 Å². The molecule has 0 saturated heterocycles. The molecule has 3 heteroatoms. The summed E-state index contributed by atoms with van der Waals surface area (Å²) in [5.41, 5.74) is 3.73. The molecule has 0 spiro atoms. The summed E-state index contributed by atoms with van der Waals surface area (Å²) in [7, 11) is 3.42. The van der Waals surface area contributed by atoms with Crippen molar-refractivity contribution in [3.05, 3.63) is 48.7 Å². The Morgan fingerprint density at radius 2 is 1.44 bits per heavy atom. The third-order valence-electron chi connectivity index (χ3n) is 5.24. The predicted molar refractivity (Wildman–Crippen MR) is 114 cm³/mol. The molecule has 1 heterocycles. The van der Waals surface area contributed by atoms with E-state index in [0.29, 0.717) is 0 Å². The van der Waals surface area contributed by atoms with Gasteiger partial charge in [0.1, 0.15) is 11.5 Å². The maximum Gasteiger partial charge on any atom is 0.119 e. The van der Waals surface area contributed by atoms with E-state index in [1.54, 1.807) is 14.2 Å². The van der Waals surface area contributed by atoms with Gasteiger partial charge in [0, 0.05) is 29.2 Å². The normalized spacial score (nSPS) is 11.1.